The Bertz CT molecular complexity index is 2690. The summed E-state index contributed by atoms with van der Waals surface area (Å²) in [6.45, 7) is 4.64. The smallest absolute Gasteiger partial charge is 0.248 e. The third kappa shape index (κ3) is 3.26. The first-order chi connectivity index (χ1) is 22.1. The second-order valence-corrected chi connectivity index (χ2v) is 12.6. The van der Waals surface area contributed by atoms with Gasteiger partial charge in [-0.3, -0.25) is 4.57 Å². The molecule has 0 atom stereocenters. The minimum atomic E-state index is -0.131. The van der Waals surface area contributed by atoms with Gasteiger partial charge in [0.25, 0.3) is 0 Å². The number of hydrogen-bond acceptors (Lipinski definition) is 3. The molecule has 0 saturated carbocycles. The fraction of sp³-hybridized carbons (Fsp3) is 0.0732. The van der Waals surface area contributed by atoms with Crippen LogP contribution in [0.3, 0.4) is 0 Å². The predicted octanol–water partition coefficient (Wildman–Crippen LogP) is 10.6. The Morgan fingerprint density at radius 2 is 1.27 bits per heavy atom. The van der Waals surface area contributed by atoms with E-state index in [1.165, 1.54) is 43.8 Å². The molecule has 4 nitrogen and oxygen atoms in total. The lowest BCUT2D eigenvalue weighted by Crippen LogP contribution is -2.14. The molecule has 212 valence electrons. The third-order valence-electron chi connectivity index (χ3n) is 9.81. The van der Waals surface area contributed by atoms with E-state index in [1.54, 1.807) is 0 Å². The van der Waals surface area contributed by atoms with Gasteiger partial charge in [-0.1, -0.05) is 111 Å². The molecule has 0 unspecified atom stereocenters. The Morgan fingerprint density at radius 1 is 0.578 bits per heavy atom. The molecule has 6 aromatic carbocycles. The molecule has 0 radical (unpaired) electrons. The Hall–Kier alpha value is -5.74. The maximum atomic E-state index is 6.37. The van der Waals surface area contributed by atoms with Crippen molar-refractivity contribution in [1.82, 2.24) is 14.5 Å². The molecule has 0 amide bonds. The number of para-hydroxylation sites is 2. The van der Waals surface area contributed by atoms with Crippen LogP contribution in [0.1, 0.15) is 25.0 Å². The van der Waals surface area contributed by atoms with Gasteiger partial charge in [-0.2, -0.15) is 4.98 Å². The van der Waals surface area contributed by atoms with Gasteiger partial charge in [-0.15, -0.1) is 0 Å². The molecule has 9 aromatic rings. The lowest BCUT2D eigenvalue weighted by Gasteiger charge is -2.21. The van der Waals surface area contributed by atoms with E-state index >= 15 is 0 Å². The average molecular weight is 578 g/mol. The Morgan fingerprint density at radius 3 is 2.16 bits per heavy atom. The van der Waals surface area contributed by atoms with Gasteiger partial charge in [-0.05, 0) is 63.4 Å². The van der Waals surface area contributed by atoms with Crippen LogP contribution in [0.15, 0.2) is 132 Å². The highest BCUT2D eigenvalue weighted by Gasteiger charge is 2.37. The molecule has 10 rings (SSSR count). The summed E-state index contributed by atoms with van der Waals surface area (Å²) in [7, 11) is 0. The zero-order valence-corrected chi connectivity index (χ0v) is 24.9. The largest absolute Gasteiger partial charge is 0.436 e. The van der Waals surface area contributed by atoms with Crippen LogP contribution in [0, 0.1) is 0 Å². The van der Waals surface area contributed by atoms with E-state index in [2.05, 4.69) is 128 Å². The summed E-state index contributed by atoms with van der Waals surface area (Å²) in [5.41, 5.74) is 11.2. The van der Waals surface area contributed by atoms with Crippen molar-refractivity contribution >= 4 is 54.8 Å². The van der Waals surface area contributed by atoms with Crippen LogP contribution < -0.4 is 0 Å². The summed E-state index contributed by atoms with van der Waals surface area (Å²) >= 11 is 0. The van der Waals surface area contributed by atoms with Gasteiger partial charge in [-0.25, -0.2) is 4.98 Å². The number of nitrogens with zero attached hydrogens (tertiary/aromatic N) is 3. The average Bonchev–Trinajstić information content (AvgIpc) is 3.68. The Balaban J connectivity index is 1.39. The quantitative estimate of drug-likeness (QED) is 0.205. The molecule has 0 N–H and O–H groups in total. The standard InChI is InChI=1S/C41H27N3O/c1-41(2)31-18-8-5-15-27(31)36-29(17-11-19-32(36)41)37-39(43-40-38(42-37)28-16-7-10-21-35(28)45-40)44-33-20-9-6-14-26(33)30-22-24-12-3-4-13-25(24)23-34(30)44/h3-23H,1-2H3. The first-order valence-electron chi connectivity index (χ1n) is 15.4. The first kappa shape index (κ1) is 24.7. The van der Waals surface area contributed by atoms with E-state index in [9.17, 15) is 0 Å². The van der Waals surface area contributed by atoms with Crippen molar-refractivity contribution in [2.45, 2.75) is 19.3 Å². The van der Waals surface area contributed by atoms with Gasteiger partial charge in [0.15, 0.2) is 5.82 Å². The number of rotatable bonds is 2. The molecule has 4 heteroatoms. The van der Waals surface area contributed by atoms with Crippen LogP contribution in [-0.2, 0) is 5.41 Å². The van der Waals surface area contributed by atoms with E-state index in [0.717, 1.165) is 44.6 Å². The summed E-state index contributed by atoms with van der Waals surface area (Å²) in [6.07, 6.45) is 0. The summed E-state index contributed by atoms with van der Waals surface area (Å²) in [4.78, 5) is 10.8. The van der Waals surface area contributed by atoms with E-state index in [0.29, 0.717) is 5.71 Å². The van der Waals surface area contributed by atoms with Crippen molar-refractivity contribution in [3.63, 3.8) is 0 Å². The minimum absolute atomic E-state index is 0.131. The van der Waals surface area contributed by atoms with Crippen molar-refractivity contribution in [2.75, 3.05) is 0 Å². The minimum Gasteiger partial charge on any atom is -0.436 e. The second kappa shape index (κ2) is 8.67. The lowest BCUT2D eigenvalue weighted by atomic mass is 9.82. The van der Waals surface area contributed by atoms with E-state index in [4.69, 9.17) is 14.4 Å². The normalized spacial score (nSPS) is 13.7. The van der Waals surface area contributed by atoms with E-state index in [-0.39, 0.29) is 5.41 Å². The molecular formula is C41H27N3O. The molecule has 0 aliphatic heterocycles. The monoisotopic (exact) mass is 577 g/mol. The van der Waals surface area contributed by atoms with Crippen LogP contribution >= 0.6 is 0 Å². The third-order valence-corrected chi connectivity index (χ3v) is 9.81. The van der Waals surface area contributed by atoms with Gasteiger partial charge in [0.05, 0.1) is 11.0 Å². The van der Waals surface area contributed by atoms with Crippen molar-refractivity contribution in [2.24, 2.45) is 0 Å². The first-order valence-corrected chi connectivity index (χ1v) is 15.4. The van der Waals surface area contributed by atoms with Crippen LogP contribution in [0.25, 0.3) is 83.0 Å². The van der Waals surface area contributed by atoms with E-state index < -0.39 is 0 Å². The van der Waals surface area contributed by atoms with Crippen molar-refractivity contribution in [1.29, 1.82) is 0 Å². The fourth-order valence-electron chi connectivity index (χ4n) is 7.69. The fourth-order valence-corrected chi connectivity index (χ4v) is 7.69. The molecule has 0 spiro atoms. The highest BCUT2D eigenvalue weighted by molar-refractivity contribution is 6.14. The van der Waals surface area contributed by atoms with Crippen molar-refractivity contribution in [3.05, 3.63) is 139 Å². The molecule has 1 aliphatic carbocycles. The molecular weight excluding hydrogens is 550 g/mol. The topological polar surface area (TPSA) is 43.9 Å². The zero-order valence-electron chi connectivity index (χ0n) is 24.9. The number of aromatic nitrogens is 3. The molecule has 45 heavy (non-hydrogen) atoms. The van der Waals surface area contributed by atoms with Crippen LogP contribution in [0.2, 0.25) is 0 Å². The lowest BCUT2D eigenvalue weighted by molar-refractivity contribution is 0.652. The van der Waals surface area contributed by atoms with Gasteiger partial charge in [0, 0.05) is 27.1 Å². The Labute approximate surface area is 259 Å². The van der Waals surface area contributed by atoms with Crippen molar-refractivity contribution in [3.8, 4) is 28.2 Å². The number of furan rings is 1. The zero-order chi connectivity index (χ0) is 29.9. The van der Waals surface area contributed by atoms with Gasteiger partial charge < -0.3 is 4.42 Å². The van der Waals surface area contributed by atoms with Gasteiger partial charge in [0.1, 0.15) is 16.8 Å². The molecule has 0 fully saturated rings. The van der Waals surface area contributed by atoms with Crippen LogP contribution in [-0.4, -0.2) is 14.5 Å². The maximum Gasteiger partial charge on any atom is 0.248 e. The second-order valence-electron chi connectivity index (χ2n) is 12.6. The maximum absolute atomic E-state index is 6.37. The summed E-state index contributed by atoms with van der Waals surface area (Å²) in [5, 5.41) is 5.73. The SMILES string of the molecule is CC1(C)c2ccccc2-c2c(-c3nc4c(nc3-n3c5ccccc5c5cc6ccccc6cc53)oc3ccccc34)cccc21. The number of hydrogen-bond donors (Lipinski definition) is 0. The highest BCUT2D eigenvalue weighted by Crippen LogP contribution is 2.52. The van der Waals surface area contributed by atoms with Gasteiger partial charge in [0.2, 0.25) is 5.71 Å². The van der Waals surface area contributed by atoms with Crippen LogP contribution in [0.5, 0.6) is 0 Å². The molecule has 1 aliphatic rings. The van der Waals surface area contributed by atoms with Gasteiger partial charge >= 0.3 is 0 Å². The molecule has 0 saturated heterocycles. The number of fused-ring (bicyclic) bond motifs is 10. The highest BCUT2D eigenvalue weighted by atomic mass is 16.3. The number of benzene rings is 6. The van der Waals surface area contributed by atoms with Crippen molar-refractivity contribution < 1.29 is 4.42 Å². The molecule has 3 heterocycles. The van der Waals surface area contributed by atoms with E-state index in [1.807, 2.05) is 18.2 Å². The summed E-state index contributed by atoms with van der Waals surface area (Å²) in [6, 6.07) is 45.3. The van der Waals surface area contributed by atoms with Crippen LogP contribution in [0.4, 0.5) is 0 Å². The predicted molar refractivity (Wildman–Crippen MR) is 184 cm³/mol. The molecule has 3 aromatic heterocycles. The Kier molecular flexibility index (Phi) is 4.76. The summed E-state index contributed by atoms with van der Waals surface area (Å²) in [5.74, 6) is 0.763. The molecule has 0 bridgehead atoms. The summed E-state index contributed by atoms with van der Waals surface area (Å²) < 4.78 is 8.66.